The summed E-state index contributed by atoms with van der Waals surface area (Å²) in [7, 11) is 0. The number of nitriles is 1. The summed E-state index contributed by atoms with van der Waals surface area (Å²) >= 11 is 1.92. The molecule has 0 bridgehead atoms. The lowest BCUT2D eigenvalue weighted by atomic mass is 10.2. The standard InChI is InChI=1S/C14H14N2OS/c15-7-11-4-5-12(17-11)8-16-9-13-6-10-2-1-3-14(10)18-13/h4-6,16H,1-3,8-9H2. The van der Waals surface area contributed by atoms with E-state index >= 15 is 0 Å². The molecule has 0 radical (unpaired) electrons. The molecule has 0 saturated heterocycles. The molecule has 0 amide bonds. The van der Waals surface area contributed by atoms with Crippen LogP contribution in [0.5, 0.6) is 0 Å². The van der Waals surface area contributed by atoms with Crippen molar-refractivity contribution in [3.05, 3.63) is 45.0 Å². The lowest BCUT2D eigenvalue weighted by Crippen LogP contribution is -2.11. The molecule has 18 heavy (non-hydrogen) atoms. The normalized spacial score (nSPS) is 13.5. The summed E-state index contributed by atoms with van der Waals surface area (Å²) in [5.74, 6) is 1.19. The van der Waals surface area contributed by atoms with E-state index in [-0.39, 0.29) is 0 Å². The van der Waals surface area contributed by atoms with Gasteiger partial charge in [-0.25, -0.2) is 0 Å². The van der Waals surface area contributed by atoms with Gasteiger partial charge in [0.15, 0.2) is 0 Å². The second-order valence-electron chi connectivity index (χ2n) is 4.50. The maximum atomic E-state index is 8.66. The predicted molar refractivity (Wildman–Crippen MR) is 70.3 cm³/mol. The summed E-state index contributed by atoms with van der Waals surface area (Å²) in [5.41, 5.74) is 1.54. The Morgan fingerprint density at radius 1 is 1.33 bits per heavy atom. The number of thiophene rings is 1. The van der Waals surface area contributed by atoms with E-state index in [0.717, 1.165) is 12.3 Å². The first-order chi connectivity index (χ1) is 8.85. The van der Waals surface area contributed by atoms with Gasteiger partial charge in [0.1, 0.15) is 11.8 Å². The van der Waals surface area contributed by atoms with Crippen molar-refractivity contribution in [3.63, 3.8) is 0 Å². The van der Waals surface area contributed by atoms with Gasteiger partial charge in [-0.15, -0.1) is 11.3 Å². The first kappa shape index (κ1) is 11.5. The fourth-order valence-corrected chi connectivity index (χ4v) is 3.55. The molecule has 2 heterocycles. The van der Waals surface area contributed by atoms with Gasteiger partial charge in [-0.2, -0.15) is 5.26 Å². The summed E-state index contributed by atoms with van der Waals surface area (Å²) < 4.78 is 5.31. The lowest BCUT2D eigenvalue weighted by Gasteiger charge is -2.00. The van der Waals surface area contributed by atoms with Crippen molar-refractivity contribution in [2.75, 3.05) is 0 Å². The SMILES string of the molecule is N#Cc1ccc(CNCc2cc3c(s2)CCC3)o1. The minimum absolute atomic E-state index is 0.377. The van der Waals surface area contributed by atoms with Gasteiger partial charge in [0.25, 0.3) is 0 Å². The van der Waals surface area contributed by atoms with Crippen LogP contribution in [0.15, 0.2) is 22.6 Å². The van der Waals surface area contributed by atoms with E-state index < -0.39 is 0 Å². The Labute approximate surface area is 110 Å². The molecule has 0 saturated carbocycles. The Morgan fingerprint density at radius 3 is 3.06 bits per heavy atom. The molecule has 0 aromatic carbocycles. The minimum Gasteiger partial charge on any atom is -0.449 e. The smallest absolute Gasteiger partial charge is 0.203 e. The highest BCUT2D eigenvalue weighted by Crippen LogP contribution is 2.30. The summed E-state index contributed by atoms with van der Waals surface area (Å²) in [5, 5.41) is 12.0. The zero-order valence-electron chi connectivity index (χ0n) is 10.0. The second kappa shape index (κ2) is 4.97. The molecule has 1 aliphatic rings. The Bertz CT molecular complexity index is 570. The summed E-state index contributed by atoms with van der Waals surface area (Å²) in [4.78, 5) is 2.96. The lowest BCUT2D eigenvalue weighted by molar-refractivity contribution is 0.474. The Hall–Kier alpha value is -1.57. The van der Waals surface area contributed by atoms with Gasteiger partial charge < -0.3 is 9.73 Å². The largest absolute Gasteiger partial charge is 0.449 e. The molecule has 2 aromatic heterocycles. The fraction of sp³-hybridized carbons (Fsp3) is 0.357. The van der Waals surface area contributed by atoms with E-state index in [0.29, 0.717) is 12.3 Å². The number of furan rings is 1. The van der Waals surface area contributed by atoms with Gasteiger partial charge in [-0.1, -0.05) is 0 Å². The molecule has 1 aliphatic carbocycles. The van der Waals surface area contributed by atoms with Crippen molar-refractivity contribution < 1.29 is 4.42 Å². The molecule has 0 atom stereocenters. The van der Waals surface area contributed by atoms with Crippen molar-refractivity contribution in [2.45, 2.75) is 32.4 Å². The van der Waals surface area contributed by atoms with Crippen LogP contribution in [-0.2, 0) is 25.9 Å². The topological polar surface area (TPSA) is 49.0 Å². The van der Waals surface area contributed by atoms with Gasteiger partial charge >= 0.3 is 0 Å². The van der Waals surface area contributed by atoms with Crippen LogP contribution in [0.2, 0.25) is 0 Å². The van der Waals surface area contributed by atoms with E-state index in [9.17, 15) is 0 Å². The van der Waals surface area contributed by atoms with E-state index in [2.05, 4.69) is 11.4 Å². The average Bonchev–Trinajstić information content (AvgIpc) is 3.03. The minimum atomic E-state index is 0.377. The molecular formula is C14H14N2OS. The summed E-state index contributed by atoms with van der Waals surface area (Å²) in [6, 6.07) is 7.86. The van der Waals surface area contributed by atoms with E-state index in [4.69, 9.17) is 9.68 Å². The highest BCUT2D eigenvalue weighted by molar-refractivity contribution is 7.12. The Balaban J connectivity index is 1.53. The van der Waals surface area contributed by atoms with E-state index in [1.165, 1.54) is 24.1 Å². The molecule has 1 N–H and O–H groups in total. The number of aryl methyl sites for hydroxylation is 2. The number of hydrogen-bond acceptors (Lipinski definition) is 4. The van der Waals surface area contributed by atoms with E-state index in [1.54, 1.807) is 16.5 Å². The average molecular weight is 258 g/mol. The van der Waals surface area contributed by atoms with Crippen molar-refractivity contribution in [2.24, 2.45) is 0 Å². The number of nitrogens with one attached hydrogen (secondary N) is 1. The van der Waals surface area contributed by atoms with Crippen LogP contribution in [0.3, 0.4) is 0 Å². The fourth-order valence-electron chi connectivity index (χ4n) is 2.32. The first-order valence-corrected chi connectivity index (χ1v) is 6.97. The monoisotopic (exact) mass is 258 g/mol. The van der Waals surface area contributed by atoms with Gasteiger partial charge in [-0.3, -0.25) is 0 Å². The third-order valence-corrected chi connectivity index (χ3v) is 4.41. The highest BCUT2D eigenvalue weighted by atomic mass is 32.1. The van der Waals surface area contributed by atoms with Gasteiger partial charge in [0, 0.05) is 16.3 Å². The quantitative estimate of drug-likeness (QED) is 0.917. The molecule has 0 spiro atoms. The number of nitrogens with zero attached hydrogens (tertiary/aromatic N) is 1. The third-order valence-electron chi connectivity index (χ3n) is 3.17. The van der Waals surface area contributed by atoms with E-state index in [1.807, 2.05) is 23.5 Å². The maximum absolute atomic E-state index is 8.66. The van der Waals surface area contributed by atoms with Gasteiger partial charge in [0.2, 0.25) is 5.76 Å². The maximum Gasteiger partial charge on any atom is 0.203 e. The molecule has 0 fully saturated rings. The Morgan fingerprint density at radius 2 is 2.28 bits per heavy atom. The van der Waals surface area contributed by atoms with Crippen LogP contribution in [0.4, 0.5) is 0 Å². The molecule has 4 heteroatoms. The van der Waals surface area contributed by atoms with Gasteiger partial charge in [-0.05, 0) is 43.0 Å². The first-order valence-electron chi connectivity index (χ1n) is 6.15. The van der Waals surface area contributed by atoms with Crippen LogP contribution in [0, 0.1) is 11.3 Å². The van der Waals surface area contributed by atoms with Crippen LogP contribution in [-0.4, -0.2) is 0 Å². The number of rotatable bonds is 4. The molecule has 2 aromatic rings. The van der Waals surface area contributed by atoms with Crippen molar-refractivity contribution in [3.8, 4) is 6.07 Å². The number of fused-ring (bicyclic) bond motifs is 1. The Kier molecular flexibility index (Phi) is 3.18. The van der Waals surface area contributed by atoms with Crippen molar-refractivity contribution >= 4 is 11.3 Å². The molecule has 0 aliphatic heterocycles. The third kappa shape index (κ3) is 2.33. The summed E-state index contributed by atoms with van der Waals surface area (Å²) in [6.45, 7) is 1.55. The molecular weight excluding hydrogens is 244 g/mol. The van der Waals surface area contributed by atoms with Crippen molar-refractivity contribution in [1.82, 2.24) is 5.32 Å². The van der Waals surface area contributed by atoms with Crippen LogP contribution < -0.4 is 5.32 Å². The molecule has 92 valence electrons. The summed E-state index contributed by atoms with van der Waals surface area (Å²) in [6.07, 6.45) is 3.82. The molecule has 3 rings (SSSR count). The molecule has 3 nitrogen and oxygen atoms in total. The molecule has 0 unspecified atom stereocenters. The van der Waals surface area contributed by atoms with Crippen LogP contribution in [0.25, 0.3) is 0 Å². The zero-order chi connectivity index (χ0) is 12.4. The van der Waals surface area contributed by atoms with Crippen molar-refractivity contribution in [1.29, 1.82) is 5.26 Å². The second-order valence-corrected chi connectivity index (χ2v) is 5.72. The predicted octanol–water partition coefficient (Wildman–Crippen LogP) is 2.99. The van der Waals surface area contributed by atoms with Crippen LogP contribution in [0.1, 0.15) is 33.3 Å². The highest BCUT2D eigenvalue weighted by Gasteiger charge is 2.14. The van der Waals surface area contributed by atoms with Crippen LogP contribution >= 0.6 is 11.3 Å². The number of hydrogen-bond donors (Lipinski definition) is 1. The van der Waals surface area contributed by atoms with Gasteiger partial charge in [0.05, 0.1) is 6.54 Å². The zero-order valence-corrected chi connectivity index (χ0v) is 10.8.